The van der Waals surface area contributed by atoms with Crippen LogP contribution in [0.4, 0.5) is 5.69 Å². The zero-order valence-electron chi connectivity index (χ0n) is 16.5. The van der Waals surface area contributed by atoms with Gasteiger partial charge in [0.25, 0.3) is 5.91 Å². The topological polar surface area (TPSA) is 58.6 Å². The van der Waals surface area contributed by atoms with Crippen LogP contribution in [0.5, 0.6) is 5.75 Å². The number of hydrogen-bond donors (Lipinski definition) is 1. The van der Waals surface area contributed by atoms with Crippen molar-refractivity contribution in [1.29, 1.82) is 0 Å². The largest absolute Gasteiger partial charge is 0.497 e. The first-order valence-electron chi connectivity index (χ1n) is 9.26. The van der Waals surface area contributed by atoms with E-state index in [0.29, 0.717) is 37.2 Å². The summed E-state index contributed by atoms with van der Waals surface area (Å²) in [7, 11) is 1.59. The lowest BCUT2D eigenvalue weighted by Gasteiger charge is -2.23. The molecule has 5 nitrogen and oxygen atoms in total. The molecule has 1 N–H and O–H groups in total. The standard InChI is InChI=1S/C22H28N2O3/c1-5-24(20-13-8-16(2)15-17(20)3)21(25)7-6-14-23-22(26)18-9-11-19(27-4)12-10-18/h8-13,15H,5-7,14H2,1-4H3,(H,23,26). The van der Waals surface area contributed by atoms with Gasteiger partial charge in [-0.25, -0.2) is 0 Å². The smallest absolute Gasteiger partial charge is 0.251 e. The van der Waals surface area contributed by atoms with Crippen LogP contribution in [0, 0.1) is 13.8 Å². The van der Waals surface area contributed by atoms with Crippen molar-refractivity contribution in [3.05, 3.63) is 59.2 Å². The fourth-order valence-corrected chi connectivity index (χ4v) is 3.01. The highest BCUT2D eigenvalue weighted by molar-refractivity contribution is 5.95. The monoisotopic (exact) mass is 368 g/mol. The highest BCUT2D eigenvalue weighted by Gasteiger charge is 2.15. The number of aryl methyl sites for hydroxylation is 2. The van der Waals surface area contributed by atoms with E-state index in [1.807, 2.05) is 32.9 Å². The Morgan fingerprint density at radius 2 is 1.78 bits per heavy atom. The quantitative estimate of drug-likeness (QED) is 0.720. The molecule has 0 heterocycles. The van der Waals surface area contributed by atoms with Crippen LogP contribution < -0.4 is 15.0 Å². The number of methoxy groups -OCH3 is 1. The van der Waals surface area contributed by atoms with E-state index < -0.39 is 0 Å². The van der Waals surface area contributed by atoms with Gasteiger partial charge in [0, 0.05) is 30.8 Å². The van der Waals surface area contributed by atoms with Crippen molar-refractivity contribution in [3.63, 3.8) is 0 Å². The van der Waals surface area contributed by atoms with Gasteiger partial charge >= 0.3 is 0 Å². The first-order chi connectivity index (χ1) is 13.0. The maximum atomic E-state index is 12.6. The van der Waals surface area contributed by atoms with Gasteiger partial charge in [-0.2, -0.15) is 0 Å². The summed E-state index contributed by atoms with van der Waals surface area (Å²) in [6.45, 7) is 7.12. The van der Waals surface area contributed by atoms with Crippen molar-refractivity contribution >= 4 is 17.5 Å². The van der Waals surface area contributed by atoms with Crippen LogP contribution in [0.3, 0.4) is 0 Å². The Morgan fingerprint density at radius 3 is 2.37 bits per heavy atom. The van der Waals surface area contributed by atoms with E-state index in [9.17, 15) is 9.59 Å². The minimum atomic E-state index is -0.146. The summed E-state index contributed by atoms with van der Waals surface area (Å²) in [6.07, 6.45) is 0.992. The molecule has 2 rings (SSSR count). The molecule has 27 heavy (non-hydrogen) atoms. The third-order valence-electron chi connectivity index (χ3n) is 4.47. The van der Waals surface area contributed by atoms with Crippen LogP contribution in [0.2, 0.25) is 0 Å². The van der Waals surface area contributed by atoms with Gasteiger partial charge in [-0.15, -0.1) is 0 Å². The zero-order chi connectivity index (χ0) is 19.8. The first kappa shape index (κ1) is 20.5. The normalized spacial score (nSPS) is 10.4. The molecule has 0 unspecified atom stereocenters. The van der Waals surface area contributed by atoms with Gasteiger partial charge in [0.2, 0.25) is 5.91 Å². The molecule has 0 spiro atoms. The Bertz CT molecular complexity index is 785. The lowest BCUT2D eigenvalue weighted by Crippen LogP contribution is -2.32. The van der Waals surface area contributed by atoms with E-state index >= 15 is 0 Å². The number of anilines is 1. The molecule has 0 bridgehead atoms. The SMILES string of the molecule is CCN(C(=O)CCCNC(=O)c1ccc(OC)cc1)c1ccc(C)cc1C. The Balaban J connectivity index is 1.84. The van der Waals surface area contributed by atoms with E-state index in [4.69, 9.17) is 4.74 Å². The van der Waals surface area contributed by atoms with Crippen molar-refractivity contribution in [2.75, 3.05) is 25.1 Å². The highest BCUT2D eigenvalue weighted by Crippen LogP contribution is 2.22. The fraction of sp³-hybridized carbons (Fsp3) is 0.364. The molecule has 0 aliphatic rings. The Labute approximate surface area is 161 Å². The molecule has 2 amide bonds. The predicted octanol–water partition coefficient (Wildman–Crippen LogP) is 3.88. The van der Waals surface area contributed by atoms with Crippen LogP contribution in [-0.2, 0) is 4.79 Å². The van der Waals surface area contributed by atoms with Gasteiger partial charge < -0.3 is 15.0 Å². The number of carbonyl (C=O) groups is 2. The average Bonchev–Trinajstić information content (AvgIpc) is 2.67. The Hall–Kier alpha value is -2.82. The van der Waals surface area contributed by atoms with Crippen molar-refractivity contribution in [2.45, 2.75) is 33.6 Å². The summed E-state index contributed by atoms with van der Waals surface area (Å²) in [6, 6.07) is 13.0. The molecule has 0 saturated heterocycles. The molecule has 2 aromatic rings. The summed E-state index contributed by atoms with van der Waals surface area (Å²) in [4.78, 5) is 26.5. The minimum absolute atomic E-state index is 0.0724. The summed E-state index contributed by atoms with van der Waals surface area (Å²) in [5.41, 5.74) is 3.81. The second kappa shape index (κ2) is 9.76. The molecule has 144 valence electrons. The first-order valence-corrected chi connectivity index (χ1v) is 9.26. The maximum Gasteiger partial charge on any atom is 0.251 e. The second-order valence-electron chi connectivity index (χ2n) is 6.52. The molecular formula is C22H28N2O3. The molecule has 0 atom stereocenters. The summed E-state index contributed by atoms with van der Waals surface area (Å²) in [5, 5.41) is 2.86. The van der Waals surface area contributed by atoms with Crippen LogP contribution >= 0.6 is 0 Å². The number of rotatable bonds is 8. The van der Waals surface area contributed by atoms with E-state index in [-0.39, 0.29) is 11.8 Å². The lowest BCUT2D eigenvalue weighted by molar-refractivity contribution is -0.118. The number of nitrogens with zero attached hydrogens (tertiary/aromatic N) is 1. The predicted molar refractivity (Wildman–Crippen MR) is 109 cm³/mol. The van der Waals surface area contributed by atoms with E-state index in [2.05, 4.69) is 11.4 Å². The van der Waals surface area contributed by atoms with Gasteiger partial charge in [-0.1, -0.05) is 17.7 Å². The van der Waals surface area contributed by atoms with Gasteiger partial charge in [0.1, 0.15) is 5.75 Å². The Kier molecular flexibility index (Phi) is 7.41. The molecular weight excluding hydrogens is 340 g/mol. The summed E-state index contributed by atoms with van der Waals surface area (Å²) < 4.78 is 5.08. The molecule has 2 aromatic carbocycles. The van der Waals surface area contributed by atoms with Crippen LogP contribution in [-0.4, -0.2) is 32.0 Å². The fourth-order valence-electron chi connectivity index (χ4n) is 3.01. The van der Waals surface area contributed by atoms with Crippen molar-refractivity contribution in [1.82, 2.24) is 5.32 Å². The average molecular weight is 368 g/mol. The molecule has 0 aliphatic heterocycles. The number of benzene rings is 2. The third-order valence-corrected chi connectivity index (χ3v) is 4.47. The number of amides is 2. The van der Waals surface area contributed by atoms with Gasteiger partial charge in [-0.3, -0.25) is 9.59 Å². The lowest BCUT2D eigenvalue weighted by atomic mass is 10.1. The van der Waals surface area contributed by atoms with Gasteiger partial charge in [-0.05, 0) is 63.1 Å². The van der Waals surface area contributed by atoms with E-state index in [1.165, 1.54) is 5.56 Å². The summed E-state index contributed by atoms with van der Waals surface area (Å²) in [5.74, 6) is 0.637. The number of nitrogens with one attached hydrogen (secondary N) is 1. The molecule has 0 radical (unpaired) electrons. The van der Waals surface area contributed by atoms with E-state index in [1.54, 1.807) is 36.3 Å². The number of ether oxygens (including phenoxy) is 1. The van der Waals surface area contributed by atoms with Crippen LogP contribution in [0.25, 0.3) is 0 Å². The molecule has 5 heteroatoms. The zero-order valence-corrected chi connectivity index (χ0v) is 16.5. The van der Waals surface area contributed by atoms with Crippen LogP contribution in [0.15, 0.2) is 42.5 Å². The van der Waals surface area contributed by atoms with Crippen molar-refractivity contribution in [2.24, 2.45) is 0 Å². The molecule has 0 aliphatic carbocycles. The maximum absolute atomic E-state index is 12.6. The highest BCUT2D eigenvalue weighted by atomic mass is 16.5. The molecule has 0 saturated carbocycles. The molecule has 0 fully saturated rings. The van der Waals surface area contributed by atoms with Crippen molar-refractivity contribution < 1.29 is 14.3 Å². The second-order valence-corrected chi connectivity index (χ2v) is 6.52. The minimum Gasteiger partial charge on any atom is -0.497 e. The molecule has 0 aromatic heterocycles. The number of carbonyl (C=O) groups excluding carboxylic acids is 2. The van der Waals surface area contributed by atoms with Gasteiger partial charge in [0.15, 0.2) is 0 Å². The van der Waals surface area contributed by atoms with Gasteiger partial charge in [0.05, 0.1) is 7.11 Å². The summed E-state index contributed by atoms with van der Waals surface area (Å²) >= 11 is 0. The number of hydrogen-bond acceptors (Lipinski definition) is 3. The Morgan fingerprint density at radius 1 is 1.07 bits per heavy atom. The van der Waals surface area contributed by atoms with E-state index in [0.717, 1.165) is 11.3 Å². The van der Waals surface area contributed by atoms with Crippen LogP contribution in [0.1, 0.15) is 41.3 Å². The van der Waals surface area contributed by atoms with Crippen molar-refractivity contribution in [3.8, 4) is 5.75 Å². The third kappa shape index (κ3) is 5.58.